The number of allylic oxidation sites excluding steroid dienone is 2. The molecule has 1 nitrogen and oxygen atoms in total. The van der Waals surface area contributed by atoms with Crippen molar-refractivity contribution in [1.82, 2.24) is 4.98 Å². The summed E-state index contributed by atoms with van der Waals surface area (Å²) >= 11 is 3.46. The van der Waals surface area contributed by atoms with Gasteiger partial charge in [-0.3, -0.25) is 4.98 Å². The average molecular weight is 266 g/mol. The average Bonchev–Trinajstić information content (AvgIpc) is 2.69. The fourth-order valence-electron chi connectivity index (χ4n) is 2.28. The summed E-state index contributed by atoms with van der Waals surface area (Å²) in [5.74, 6) is 0.570. The van der Waals surface area contributed by atoms with Crippen LogP contribution in [0.3, 0.4) is 0 Å². The molecule has 0 aromatic carbocycles. The predicted molar refractivity (Wildman–Crippen MR) is 67.5 cm³/mol. The quantitative estimate of drug-likeness (QED) is 0.598. The fraction of sp³-hybridized carbons (Fsp3) is 0.462. The number of pyridine rings is 1. The molecule has 0 amide bonds. The van der Waals surface area contributed by atoms with E-state index in [1.807, 2.05) is 12.3 Å². The lowest BCUT2D eigenvalue weighted by Crippen LogP contribution is -1.98. The number of aryl methyl sites for hydroxylation is 1. The lowest BCUT2D eigenvalue weighted by molar-refractivity contribution is 0.751. The van der Waals surface area contributed by atoms with E-state index >= 15 is 0 Å². The van der Waals surface area contributed by atoms with E-state index in [1.165, 1.54) is 29.7 Å². The van der Waals surface area contributed by atoms with Gasteiger partial charge in [0.2, 0.25) is 0 Å². The molecule has 80 valence electrons. The smallest absolute Gasteiger partial charge is 0.0506 e. The van der Waals surface area contributed by atoms with Gasteiger partial charge in [-0.1, -0.05) is 33.6 Å². The molecule has 0 saturated heterocycles. The molecule has 0 saturated carbocycles. The number of rotatable bonds is 3. The lowest BCUT2D eigenvalue weighted by Gasteiger charge is -2.11. The summed E-state index contributed by atoms with van der Waals surface area (Å²) in [6.45, 7) is 2.23. The highest BCUT2D eigenvalue weighted by molar-refractivity contribution is 9.09. The summed E-state index contributed by atoms with van der Waals surface area (Å²) in [4.78, 5) is 4.52. The van der Waals surface area contributed by atoms with E-state index in [0.717, 1.165) is 11.8 Å². The lowest BCUT2D eigenvalue weighted by atomic mass is 9.97. The number of alkyl halides is 1. The van der Waals surface area contributed by atoms with Crippen molar-refractivity contribution in [2.45, 2.75) is 32.1 Å². The number of hydrogen-bond donors (Lipinski definition) is 0. The van der Waals surface area contributed by atoms with E-state index in [9.17, 15) is 0 Å². The van der Waals surface area contributed by atoms with Gasteiger partial charge in [0.05, 0.1) is 5.69 Å². The van der Waals surface area contributed by atoms with Crippen molar-refractivity contribution >= 4 is 15.9 Å². The van der Waals surface area contributed by atoms with Gasteiger partial charge in [-0.05, 0) is 37.8 Å². The summed E-state index contributed by atoms with van der Waals surface area (Å²) in [7, 11) is 0. The molecular weight excluding hydrogens is 250 g/mol. The third-order valence-electron chi connectivity index (χ3n) is 3.08. The largest absolute Gasteiger partial charge is 0.260 e. The van der Waals surface area contributed by atoms with Crippen molar-refractivity contribution in [3.8, 4) is 0 Å². The standard InChI is InChI=1S/C13H16BrN/c1-10(4-2-8-14)12-7-6-11-5-3-9-15-13(11)12/h3-5,9,12H,2,6-8H2,1H3. The summed E-state index contributed by atoms with van der Waals surface area (Å²) in [6, 6.07) is 4.25. The Labute approximate surface area is 99.7 Å². The first-order valence-electron chi connectivity index (χ1n) is 5.49. The van der Waals surface area contributed by atoms with E-state index in [4.69, 9.17) is 0 Å². The molecular formula is C13H16BrN. The highest BCUT2D eigenvalue weighted by atomic mass is 79.9. The molecule has 1 aliphatic carbocycles. The SMILES string of the molecule is CC(=CCCBr)C1CCc2cccnc21. The Morgan fingerprint density at radius 2 is 2.53 bits per heavy atom. The minimum Gasteiger partial charge on any atom is -0.260 e. The highest BCUT2D eigenvalue weighted by Crippen LogP contribution is 2.36. The zero-order valence-electron chi connectivity index (χ0n) is 9.04. The molecule has 0 bridgehead atoms. The first kappa shape index (κ1) is 10.9. The highest BCUT2D eigenvalue weighted by Gasteiger charge is 2.24. The van der Waals surface area contributed by atoms with Gasteiger partial charge in [0, 0.05) is 17.4 Å². The summed E-state index contributed by atoms with van der Waals surface area (Å²) in [6.07, 6.45) is 7.78. The molecule has 0 spiro atoms. The Balaban J connectivity index is 2.20. The number of hydrogen-bond acceptors (Lipinski definition) is 1. The maximum absolute atomic E-state index is 4.52. The molecule has 2 heteroatoms. The van der Waals surface area contributed by atoms with Crippen molar-refractivity contribution in [3.63, 3.8) is 0 Å². The van der Waals surface area contributed by atoms with Crippen molar-refractivity contribution < 1.29 is 0 Å². The van der Waals surface area contributed by atoms with Gasteiger partial charge in [0.25, 0.3) is 0 Å². The van der Waals surface area contributed by atoms with Gasteiger partial charge in [0.1, 0.15) is 0 Å². The number of aromatic nitrogens is 1. The fourth-order valence-corrected chi connectivity index (χ4v) is 2.51. The van der Waals surface area contributed by atoms with Crippen LogP contribution in [0.4, 0.5) is 0 Å². The summed E-state index contributed by atoms with van der Waals surface area (Å²) in [5, 5.41) is 1.05. The Hall–Kier alpha value is -0.630. The molecule has 0 radical (unpaired) electrons. The second kappa shape index (κ2) is 4.93. The Bertz CT molecular complexity index is 371. The van der Waals surface area contributed by atoms with E-state index in [-0.39, 0.29) is 0 Å². The van der Waals surface area contributed by atoms with Crippen LogP contribution < -0.4 is 0 Å². The van der Waals surface area contributed by atoms with Gasteiger partial charge in [-0.25, -0.2) is 0 Å². The Kier molecular flexibility index (Phi) is 3.57. The van der Waals surface area contributed by atoms with Gasteiger partial charge in [-0.2, -0.15) is 0 Å². The maximum Gasteiger partial charge on any atom is 0.0506 e. The minimum atomic E-state index is 0.570. The van der Waals surface area contributed by atoms with Crippen LogP contribution in [-0.2, 0) is 6.42 Å². The monoisotopic (exact) mass is 265 g/mol. The molecule has 2 rings (SSSR count). The van der Waals surface area contributed by atoms with Crippen LogP contribution in [0.2, 0.25) is 0 Å². The van der Waals surface area contributed by atoms with Crippen LogP contribution in [0.15, 0.2) is 30.0 Å². The number of fused-ring (bicyclic) bond motifs is 1. The normalized spacial score (nSPS) is 20.4. The van der Waals surface area contributed by atoms with Gasteiger partial charge in [0.15, 0.2) is 0 Å². The van der Waals surface area contributed by atoms with Crippen LogP contribution in [0.5, 0.6) is 0 Å². The van der Waals surface area contributed by atoms with Crippen molar-refractivity contribution in [2.24, 2.45) is 0 Å². The van der Waals surface area contributed by atoms with Crippen LogP contribution in [0.1, 0.15) is 36.9 Å². The van der Waals surface area contributed by atoms with E-state index < -0.39 is 0 Å². The Morgan fingerprint density at radius 1 is 1.67 bits per heavy atom. The molecule has 15 heavy (non-hydrogen) atoms. The van der Waals surface area contributed by atoms with Gasteiger partial charge >= 0.3 is 0 Å². The Morgan fingerprint density at radius 3 is 3.33 bits per heavy atom. The third kappa shape index (κ3) is 2.31. The zero-order valence-corrected chi connectivity index (χ0v) is 10.6. The molecule has 1 aromatic heterocycles. The minimum absolute atomic E-state index is 0.570. The van der Waals surface area contributed by atoms with Crippen LogP contribution in [0.25, 0.3) is 0 Å². The molecule has 0 fully saturated rings. The van der Waals surface area contributed by atoms with Crippen molar-refractivity contribution in [1.29, 1.82) is 0 Å². The molecule has 1 atom stereocenters. The molecule has 1 heterocycles. The van der Waals surface area contributed by atoms with Crippen molar-refractivity contribution in [2.75, 3.05) is 5.33 Å². The first-order valence-corrected chi connectivity index (χ1v) is 6.61. The van der Waals surface area contributed by atoms with Crippen LogP contribution in [-0.4, -0.2) is 10.3 Å². The maximum atomic E-state index is 4.52. The van der Waals surface area contributed by atoms with E-state index in [2.05, 4.69) is 40.0 Å². The number of halogens is 1. The van der Waals surface area contributed by atoms with Crippen LogP contribution in [0, 0.1) is 0 Å². The molecule has 1 aliphatic rings. The number of nitrogens with zero attached hydrogens (tertiary/aromatic N) is 1. The van der Waals surface area contributed by atoms with E-state index in [0.29, 0.717) is 5.92 Å². The predicted octanol–water partition coefficient (Wildman–Crippen LogP) is 3.84. The second-order valence-electron chi connectivity index (χ2n) is 4.06. The summed E-state index contributed by atoms with van der Waals surface area (Å²) in [5.41, 5.74) is 4.22. The summed E-state index contributed by atoms with van der Waals surface area (Å²) < 4.78 is 0. The second-order valence-corrected chi connectivity index (χ2v) is 4.86. The molecule has 1 unspecified atom stereocenters. The van der Waals surface area contributed by atoms with Gasteiger partial charge < -0.3 is 0 Å². The topological polar surface area (TPSA) is 12.9 Å². The van der Waals surface area contributed by atoms with E-state index in [1.54, 1.807) is 0 Å². The first-order chi connectivity index (χ1) is 7.33. The third-order valence-corrected chi connectivity index (χ3v) is 3.54. The van der Waals surface area contributed by atoms with Gasteiger partial charge in [-0.15, -0.1) is 0 Å². The van der Waals surface area contributed by atoms with Crippen LogP contribution >= 0.6 is 15.9 Å². The molecule has 1 aromatic rings. The molecule has 0 aliphatic heterocycles. The van der Waals surface area contributed by atoms with Crippen molar-refractivity contribution in [3.05, 3.63) is 41.2 Å². The molecule has 0 N–H and O–H groups in total. The zero-order chi connectivity index (χ0) is 10.7.